The number of pyridine rings is 1. The third kappa shape index (κ3) is 4.25. The molecule has 0 bridgehead atoms. The summed E-state index contributed by atoms with van der Waals surface area (Å²) in [6, 6.07) is 4.36. The zero-order chi connectivity index (χ0) is 20.2. The van der Waals surface area contributed by atoms with Gasteiger partial charge < -0.3 is 19.7 Å². The summed E-state index contributed by atoms with van der Waals surface area (Å²) in [6.45, 7) is 8.95. The lowest BCUT2D eigenvalue weighted by Crippen LogP contribution is -2.43. The summed E-state index contributed by atoms with van der Waals surface area (Å²) in [4.78, 5) is 9.70. The molecule has 5 heteroatoms. The van der Waals surface area contributed by atoms with Crippen molar-refractivity contribution in [3.8, 4) is 0 Å². The van der Waals surface area contributed by atoms with E-state index in [0.29, 0.717) is 0 Å². The van der Waals surface area contributed by atoms with E-state index in [1.165, 1.54) is 48.0 Å². The molecule has 2 aliphatic rings. The molecule has 0 unspecified atom stereocenters. The van der Waals surface area contributed by atoms with Gasteiger partial charge in [-0.05, 0) is 62.6 Å². The molecule has 0 atom stereocenters. The molecule has 1 fully saturated rings. The first-order chi connectivity index (χ1) is 14.2. The Morgan fingerprint density at radius 3 is 2.72 bits per heavy atom. The minimum absolute atomic E-state index is 0.755. The van der Waals surface area contributed by atoms with Crippen molar-refractivity contribution >= 4 is 16.9 Å². The number of fused-ring (bicyclic) bond motifs is 3. The van der Waals surface area contributed by atoms with Crippen LogP contribution in [0.25, 0.3) is 11.0 Å². The molecule has 0 aromatic carbocycles. The molecule has 0 spiro atoms. The number of anilines is 1. The SMILES string of the molecule is C=C/C=C(\C=C/CNc1ccc2c3c(n(C)c2n1)CCCC3)N1CCN(C)CC1. The molecule has 0 saturated carbocycles. The number of hydrogen-bond donors (Lipinski definition) is 1. The smallest absolute Gasteiger partial charge is 0.142 e. The fraction of sp³-hybridized carbons (Fsp3) is 0.458. The summed E-state index contributed by atoms with van der Waals surface area (Å²) in [7, 11) is 4.34. The standard InChI is InChI=1S/C24H33N5/c1-4-8-19(29-17-15-27(2)16-18-29)9-7-14-25-23-13-12-21-20-10-5-6-11-22(20)28(3)24(21)26-23/h4,7-9,12-13H,1,5-6,10-11,14-18H2,2-3H3,(H,25,26)/b9-7-,19-8+. The zero-order valence-electron chi connectivity index (χ0n) is 17.8. The quantitative estimate of drug-likeness (QED) is 0.761. The van der Waals surface area contributed by atoms with Gasteiger partial charge in [-0.1, -0.05) is 18.7 Å². The molecule has 29 heavy (non-hydrogen) atoms. The Hall–Kier alpha value is -2.53. The van der Waals surface area contributed by atoms with Crippen molar-refractivity contribution in [2.75, 3.05) is 45.1 Å². The average molecular weight is 392 g/mol. The number of aromatic nitrogens is 2. The van der Waals surface area contributed by atoms with Gasteiger partial charge in [0.05, 0.1) is 0 Å². The van der Waals surface area contributed by atoms with E-state index in [2.05, 4.69) is 70.7 Å². The first kappa shape index (κ1) is 19.8. The molecule has 2 aromatic heterocycles. The van der Waals surface area contributed by atoms with Crippen LogP contribution in [-0.2, 0) is 19.9 Å². The molecule has 0 radical (unpaired) electrons. The summed E-state index contributed by atoms with van der Waals surface area (Å²) in [5.41, 5.74) is 5.32. The highest BCUT2D eigenvalue weighted by atomic mass is 15.2. The van der Waals surface area contributed by atoms with Gasteiger partial charge in [0.15, 0.2) is 0 Å². The third-order valence-corrected chi connectivity index (χ3v) is 6.21. The van der Waals surface area contributed by atoms with Gasteiger partial charge in [-0.3, -0.25) is 0 Å². The van der Waals surface area contributed by atoms with E-state index in [0.717, 1.165) is 44.2 Å². The van der Waals surface area contributed by atoms with Gasteiger partial charge in [-0.2, -0.15) is 0 Å². The predicted molar refractivity (Wildman–Crippen MR) is 122 cm³/mol. The first-order valence-electron chi connectivity index (χ1n) is 10.8. The number of hydrogen-bond acceptors (Lipinski definition) is 4. The highest BCUT2D eigenvalue weighted by Gasteiger charge is 2.19. The molecule has 1 aliphatic heterocycles. The number of piperazine rings is 1. The van der Waals surface area contributed by atoms with E-state index in [4.69, 9.17) is 4.98 Å². The number of nitrogens with one attached hydrogen (secondary N) is 1. The van der Waals surface area contributed by atoms with E-state index >= 15 is 0 Å². The van der Waals surface area contributed by atoms with Crippen molar-refractivity contribution in [1.82, 2.24) is 19.4 Å². The van der Waals surface area contributed by atoms with Crippen LogP contribution in [-0.4, -0.2) is 59.1 Å². The van der Waals surface area contributed by atoms with Crippen molar-refractivity contribution in [2.45, 2.75) is 25.7 Å². The predicted octanol–water partition coefficient (Wildman–Crippen LogP) is 3.74. The molecule has 3 heterocycles. The summed E-state index contributed by atoms with van der Waals surface area (Å²) >= 11 is 0. The van der Waals surface area contributed by atoms with Crippen LogP contribution >= 0.6 is 0 Å². The topological polar surface area (TPSA) is 36.3 Å². The lowest BCUT2D eigenvalue weighted by atomic mass is 9.96. The van der Waals surface area contributed by atoms with Crippen LogP contribution in [0.1, 0.15) is 24.1 Å². The van der Waals surface area contributed by atoms with E-state index in [1.807, 2.05) is 6.08 Å². The number of nitrogens with zero attached hydrogens (tertiary/aromatic N) is 4. The molecule has 5 nitrogen and oxygen atoms in total. The van der Waals surface area contributed by atoms with E-state index in [9.17, 15) is 0 Å². The Kier molecular flexibility index (Phi) is 6.05. The molecule has 1 aliphatic carbocycles. The minimum Gasteiger partial charge on any atom is -0.369 e. The second-order valence-corrected chi connectivity index (χ2v) is 8.16. The summed E-state index contributed by atoms with van der Waals surface area (Å²) < 4.78 is 2.29. The minimum atomic E-state index is 0.755. The maximum absolute atomic E-state index is 4.90. The van der Waals surface area contributed by atoms with E-state index < -0.39 is 0 Å². The number of rotatable bonds is 6. The maximum atomic E-state index is 4.90. The number of likely N-dealkylation sites (N-methyl/N-ethyl adjacent to an activating group) is 1. The van der Waals surface area contributed by atoms with Crippen LogP contribution < -0.4 is 5.32 Å². The fourth-order valence-electron chi connectivity index (χ4n) is 4.51. The Labute approximate surface area is 174 Å². The highest BCUT2D eigenvalue weighted by Crippen LogP contribution is 2.31. The van der Waals surface area contributed by atoms with Crippen molar-refractivity contribution < 1.29 is 0 Å². The Morgan fingerprint density at radius 2 is 1.93 bits per heavy atom. The average Bonchev–Trinajstić information content (AvgIpc) is 3.03. The van der Waals surface area contributed by atoms with Crippen LogP contribution in [0.2, 0.25) is 0 Å². The van der Waals surface area contributed by atoms with Gasteiger partial charge in [0.1, 0.15) is 11.5 Å². The molecule has 1 N–H and O–H groups in total. The normalized spacial score (nSPS) is 18.4. The zero-order valence-corrected chi connectivity index (χ0v) is 17.8. The van der Waals surface area contributed by atoms with Gasteiger partial charge in [0, 0.05) is 56.5 Å². The molecule has 0 amide bonds. The van der Waals surface area contributed by atoms with Crippen molar-refractivity contribution in [2.24, 2.45) is 7.05 Å². The van der Waals surface area contributed by atoms with E-state index in [-0.39, 0.29) is 0 Å². The van der Waals surface area contributed by atoms with Crippen LogP contribution in [0.5, 0.6) is 0 Å². The lowest BCUT2D eigenvalue weighted by Gasteiger charge is -2.34. The largest absolute Gasteiger partial charge is 0.369 e. The fourth-order valence-corrected chi connectivity index (χ4v) is 4.51. The van der Waals surface area contributed by atoms with Gasteiger partial charge in [0.2, 0.25) is 0 Å². The van der Waals surface area contributed by atoms with E-state index in [1.54, 1.807) is 0 Å². The summed E-state index contributed by atoms with van der Waals surface area (Å²) in [5, 5.41) is 4.79. The Bertz CT molecular complexity index is 928. The molecule has 1 saturated heterocycles. The molecular formula is C24H33N5. The Morgan fingerprint density at radius 1 is 1.14 bits per heavy atom. The van der Waals surface area contributed by atoms with Gasteiger partial charge in [-0.15, -0.1) is 0 Å². The molecular weight excluding hydrogens is 358 g/mol. The second kappa shape index (κ2) is 8.87. The van der Waals surface area contributed by atoms with Crippen LogP contribution in [0, 0.1) is 0 Å². The molecule has 2 aromatic rings. The summed E-state index contributed by atoms with van der Waals surface area (Å²) in [6.07, 6.45) is 13.3. The molecule has 154 valence electrons. The van der Waals surface area contributed by atoms with Crippen LogP contribution in [0.15, 0.2) is 48.7 Å². The van der Waals surface area contributed by atoms with Crippen LogP contribution in [0.3, 0.4) is 0 Å². The first-order valence-corrected chi connectivity index (χ1v) is 10.8. The third-order valence-electron chi connectivity index (χ3n) is 6.21. The van der Waals surface area contributed by atoms with Crippen molar-refractivity contribution in [3.05, 3.63) is 60.0 Å². The molecule has 4 rings (SSSR count). The highest BCUT2D eigenvalue weighted by molar-refractivity contribution is 5.84. The lowest BCUT2D eigenvalue weighted by molar-refractivity contribution is 0.190. The second-order valence-electron chi connectivity index (χ2n) is 8.16. The summed E-state index contributed by atoms with van der Waals surface area (Å²) in [5.74, 6) is 0.939. The number of aryl methyl sites for hydroxylation is 2. The maximum Gasteiger partial charge on any atom is 0.142 e. The van der Waals surface area contributed by atoms with Gasteiger partial charge >= 0.3 is 0 Å². The van der Waals surface area contributed by atoms with Crippen LogP contribution in [0.4, 0.5) is 5.82 Å². The van der Waals surface area contributed by atoms with Gasteiger partial charge in [0.25, 0.3) is 0 Å². The number of allylic oxidation sites excluding steroid dienone is 3. The Balaban J connectivity index is 1.42. The van der Waals surface area contributed by atoms with Gasteiger partial charge in [-0.25, -0.2) is 4.98 Å². The van der Waals surface area contributed by atoms with Crippen molar-refractivity contribution in [3.63, 3.8) is 0 Å². The van der Waals surface area contributed by atoms with Crippen molar-refractivity contribution in [1.29, 1.82) is 0 Å². The monoisotopic (exact) mass is 391 g/mol.